The van der Waals surface area contributed by atoms with Gasteiger partial charge in [-0.2, -0.15) is 13.2 Å². The van der Waals surface area contributed by atoms with Crippen LogP contribution in [0.15, 0.2) is 72.8 Å². The van der Waals surface area contributed by atoms with E-state index in [0.717, 1.165) is 22.3 Å². The number of rotatable bonds is 7. The molecular weight excluding hydrogens is 557 g/mol. The SMILES string of the molecule is Cc1cccc(C(=O)N2CCC3(CCN(Cc4ccccc4OCc4ccccc4)CC3OC(=O)C(F)(F)F)CC2)c1C. The first-order chi connectivity index (χ1) is 20.6. The number of hydrogen-bond donors (Lipinski definition) is 0. The summed E-state index contributed by atoms with van der Waals surface area (Å²) in [4.78, 5) is 29.2. The van der Waals surface area contributed by atoms with Crippen molar-refractivity contribution < 1.29 is 32.2 Å². The number of para-hydroxylation sites is 1. The molecule has 0 aromatic heterocycles. The number of alkyl halides is 3. The zero-order chi connectivity index (χ0) is 30.6. The predicted molar refractivity (Wildman–Crippen MR) is 157 cm³/mol. The van der Waals surface area contributed by atoms with Gasteiger partial charge in [0, 0.05) is 42.7 Å². The van der Waals surface area contributed by atoms with Gasteiger partial charge in [-0.3, -0.25) is 9.69 Å². The number of amides is 1. The Morgan fingerprint density at radius 1 is 0.884 bits per heavy atom. The Morgan fingerprint density at radius 2 is 1.56 bits per heavy atom. The number of carbonyl (C=O) groups is 2. The maximum atomic E-state index is 13.3. The smallest absolute Gasteiger partial charge is 0.489 e. The fraction of sp³-hybridized carbons (Fsp3) is 0.412. The minimum absolute atomic E-state index is 0.0792. The number of carbonyl (C=O) groups excluding carboxylic acids is 2. The third-order valence-electron chi connectivity index (χ3n) is 9.00. The van der Waals surface area contributed by atoms with E-state index in [0.29, 0.717) is 63.4 Å². The second kappa shape index (κ2) is 12.8. The zero-order valence-electron chi connectivity index (χ0n) is 24.5. The van der Waals surface area contributed by atoms with E-state index in [4.69, 9.17) is 9.47 Å². The second-order valence-electron chi connectivity index (χ2n) is 11.7. The number of ether oxygens (including phenoxy) is 2. The molecule has 0 bridgehead atoms. The largest absolute Gasteiger partial charge is 0.490 e. The maximum Gasteiger partial charge on any atom is 0.490 e. The van der Waals surface area contributed by atoms with Crippen LogP contribution in [-0.4, -0.2) is 60.1 Å². The topological polar surface area (TPSA) is 59.1 Å². The van der Waals surface area contributed by atoms with Crippen LogP contribution in [0.5, 0.6) is 5.75 Å². The Morgan fingerprint density at radius 3 is 2.28 bits per heavy atom. The van der Waals surface area contributed by atoms with Crippen LogP contribution in [0.25, 0.3) is 0 Å². The van der Waals surface area contributed by atoms with E-state index in [1.807, 2.05) is 91.5 Å². The quantitative estimate of drug-likeness (QED) is 0.293. The third kappa shape index (κ3) is 7.04. The summed E-state index contributed by atoms with van der Waals surface area (Å²) in [5, 5.41) is 0. The van der Waals surface area contributed by atoms with Gasteiger partial charge in [-0.05, 0) is 68.5 Å². The first-order valence-electron chi connectivity index (χ1n) is 14.7. The average molecular weight is 595 g/mol. The van der Waals surface area contributed by atoms with Crippen LogP contribution in [0.3, 0.4) is 0 Å². The van der Waals surface area contributed by atoms with Crippen LogP contribution in [-0.2, 0) is 22.7 Å². The molecule has 0 aliphatic carbocycles. The third-order valence-corrected chi connectivity index (χ3v) is 9.00. The van der Waals surface area contributed by atoms with Gasteiger partial charge in [0.05, 0.1) is 0 Å². The van der Waals surface area contributed by atoms with Gasteiger partial charge in [-0.15, -0.1) is 0 Å². The fourth-order valence-corrected chi connectivity index (χ4v) is 6.19. The second-order valence-corrected chi connectivity index (χ2v) is 11.7. The van der Waals surface area contributed by atoms with Crippen LogP contribution >= 0.6 is 0 Å². The lowest BCUT2D eigenvalue weighted by molar-refractivity contribution is -0.216. The molecule has 9 heteroatoms. The Bertz CT molecular complexity index is 1440. The highest BCUT2D eigenvalue weighted by atomic mass is 19.4. The number of likely N-dealkylation sites (tertiary alicyclic amines) is 2. The molecule has 6 nitrogen and oxygen atoms in total. The average Bonchev–Trinajstić information content (AvgIpc) is 3.00. The molecule has 1 amide bonds. The molecule has 2 fully saturated rings. The molecule has 5 rings (SSSR count). The van der Waals surface area contributed by atoms with E-state index in [9.17, 15) is 22.8 Å². The van der Waals surface area contributed by atoms with Gasteiger partial charge in [0.2, 0.25) is 0 Å². The van der Waals surface area contributed by atoms with Crippen LogP contribution in [0.1, 0.15) is 51.9 Å². The van der Waals surface area contributed by atoms with Gasteiger partial charge in [0.25, 0.3) is 5.91 Å². The Hall–Kier alpha value is -3.85. The molecule has 0 saturated carbocycles. The molecule has 1 atom stereocenters. The number of halogens is 3. The monoisotopic (exact) mass is 594 g/mol. The van der Waals surface area contributed by atoms with Crippen molar-refractivity contribution >= 4 is 11.9 Å². The number of benzene rings is 3. The van der Waals surface area contributed by atoms with Crippen molar-refractivity contribution in [1.29, 1.82) is 0 Å². The lowest BCUT2D eigenvalue weighted by Crippen LogP contribution is -2.57. The first-order valence-corrected chi connectivity index (χ1v) is 14.7. The standard InChI is InChI=1S/C34H37F3N2O4/c1-24-9-8-13-28(25(24)2)31(40)39-19-16-33(17-20-39)15-18-38(22-30(33)43-32(41)34(35,36)37)21-27-12-6-7-14-29(27)42-23-26-10-4-3-5-11-26/h3-14,30H,15-23H2,1-2H3. The number of aryl methyl sites for hydroxylation is 1. The molecule has 2 aliphatic heterocycles. The number of hydrogen-bond acceptors (Lipinski definition) is 5. The highest BCUT2D eigenvalue weighted by Crippen LogP contribution is 2.44. The molecule has 43 heavy (non-hydrogen) atoms. The molecule has 1 unspecified atom stereocenters. The van der Waals surface area contributed by atoms with E-state index in [1.54, 1.807) is 4.90 Å². The molecule has 0 radical (unpaired) electrons. The summed E-state index contributed by atoms with van der Waals surface area (Å²) in [6.45, 7) is 6.28. The summed E-state index contributed by atoms with van der Waals surface area (Å²) < 4.78 is 51.4. The molecule has 3 aromatic rings. The molecule has 228 valence electrons. The molecule has 3 aromatic carbocycles. The molecule has 1 spiro atoms. The minimum Gasteiger partial charge on any atom is -0.489 e. The van der Waals surface area contributed by atoms with Gasteiger partial charge in [-0.1, -0.05) is 60.7 Å². The highest BCUT2D eigenvalue weighted by molar-refractivity contribution is 5.96. The Kier molecular flexibility index (Phi) is 9.11. The number of esters is 1. The summed E-state index contributed by atoms with van der Waals surface area (Å²) in [6, 6.07) is 23.0. The van der Waals surface area contributed by atoms with Gasteiger partial charge in [0.1, 0.15) is 18.5 Å². The molecule has 2 aliphatic rings. The summed E-state index contributed by atoms with van der Waals surface area (Å²) in [5.41, 5.74) is 3.88. The summed E-state index contributed by atoms with van der Waals surface area (Å²) in [5.74, 6) is -1.54. The van der Waals surface area contributed by atoms with Crippen molar-refractivity contribution in [2.75, 3.05) is 26.2 Å². The van der Waals surface area contributed by atoms with Crippen LogP contribution in [0.2, 0.25) is 0 Å². The highest BCUT2D eigenvalue weighted by Gasteiger charge is 2.51. The zero-order valence-corrected chi connectivity index (χ0v) is 24.5. The summed E-state index contributed by atoms with van der Waals surface area (Å²) >= 11 is 0. The predicted octanol–water partition coefficient (Wildman–Crippen LogP) is 6.48. The van der Waals surface area contributed by atoms with Crippen molar-refractivity contribution in [3.63, 3.8) is 0 Å². The summed E-state index contributed by atoms with van der Waals surface area (Å²) in [7, 11) is 0. The van der Waals surface area contributed by atoms with E-state index in [1.165, 1.54) is 0 Å². The van der Waals surface area contributed by atoms with Crippen molar-refractivity contribution in [2.24, 2.45) is 5.41 Å². The summed E-state index contributed by atoms with van der Waals surface area (Å²) in [6.07, 6.45) is -4.55. The van der Waals surface area contributed by atoms with Gasteiger partial charge in [-0.25, -0.2) is 4.79 Å². The van der Waals surface area contributed by atoms with E-state index >= 15 is 0 Å². The molecule has 0 N–H and O–H groups in total. The van der Waals surface area contributed by atoms with Gasteiger partial charge >= 0.3 is 12.1 Å². The van der Waals surface area contributed by atoms with E-state index in [2.05, 4.69) is 0 Å². The van der Waals surface area contributed by atoms with Crippen LogP contribution < -0.4 is 4.74 Å². The lowest BCUT2D eigenvalue weighted by atomic mass is 9.69. The lowest BCUT2D eigenvalue weighted by Gasteiger charge is -2.51. The van der Waals surface area contributed by atoms with Crippen molar-refractivity contribution in [1.82, 2.24) is 9.80 Å². The maximum absolute atomic E-state index is 13.3. The minimum atomic E-state index is -5.08. The van der Waals surface area contributed by atoms with Crippen molar-refractivity contribution in [2.45, 2.75) is 58.5 Å². The van der Waals surface area contributed by atoms with E-state index in [-0.39, 0.29) is 12.5 Å². The van der Waals surface area contributed by atoms with E-state index < -0.39 is 23.7 Å². The normalized spacial score (nSPS) is 18.8. The van der Waals surface area contributed by atoms with Crippen LogP contribution in [0.4, 0.5) is 13.2 Å². The Labute approximate surface area is 250 Å². The molecule has 2 saturated heterocycles. The van der Waals surface area contributed by atoms with Gasteiger partial charge < -0.3 is 14.4 Å². The van der Waals surface area contributed by atoms with Gasteiger partial charge in [0.15, 0.2) is 0 Å². The van der Waals surface area contributed by atoms with Crippen LogP contribution in [0, 0.1) is 19.3 Å². The number of piperidine rings is 2. The van der Waals surface area contributed by atoms with Crippen molar-refractivity contribution in [3.8, 4) is 5.75 Å². The molecular formula is C34H37F3N2O4. The number of nitrogens with zero attached hydrogens (tertiary/aromatic N) is 2. The fourth-order valence-electron chi connectivity index (χ4n) is 6.19. The first kappa shape index (κ1) is 30.6. The Balaban J connectivity index is 1.29. The van der Waals surface area contributed by atoms with Crippen molar-refractivity contribution in [3.05, 3.63) is 101 Å². The molecule has 2 heterocycles.